The van der Waals surface area contributed by atoms with Crippen LogP contribution in [0.5, 0.6) is 0 Å². The molecule has 0 amide bonds. The molecule has 1 aliphatic rings. The van der Waals surface area contributed by atoms with Crippen LogP contribution in [0.4, 0.5) is 5.69 Å². The molecule has 0 bridgehead atoms. The van der Waals surface area contributed by atoms with Gasteiger partial charge in [0.15, 0.2) is 0 Å². The maximum atomic E-state index is 8.96. The summed E-state index contributed by atoms with van der Waals surface area (Å²) in [6.07, 6.45) is 0.946. The first-order valence-electron chi connectivity index (χ1n) is 3.95. The van der Waals surface area contributed by atoms with Crippen LogP contribution in [0, 0.1) is 0 Å². The number of fused-ring (bicyclic) bond motifs is 1. The number of hydrogen-bond donors (Lipinski definition) is 2. The number of anilines is 1. The summed E-state index contributed by atoms with van der Waals surface area (Å²) >= 11 is 1.74. The molecule has 0 spiro atoms. The Morgan fingerprint density at radius 3 is 3.17 bits per heavy atom. The SMILES string of the molecule is Nc1ccc2c(c1)CC(CO)S2. The van der Waals surface area contributed by atoms with Crippen LogP contribution in [0.15, 0.2) is 23.1 Å². The lowest BCUT2D eigenvalue weighted by atomic mass is 10.1. The fourth-order valence-corrected chi connectivity index (χ4v) is 2.58. The van der Waals surface area contributed by atoms with Crippen molar-refractivity contribution in [3.05, 3.63) is 23.8 Å². The monoisotopic (exact) mass is 181 g/mol. The van der Waals surface area contributed by atoms with Gasteiger partial charge in [-0.25, -0.2) is 0 Å². The van der Waals surface area contributed by atoms with Crippen LogP contribution in [0.2, 0.25) is 0 Å². The van der Waals surface area contributed by atoms with E-state index in [4.69, 9.17) is 10.8 Å². The molecule has 1 aromatic rings. The number of rotatable bonds is 1. The summed E-state index contributed by atoms with van der Waals surface area (Å²) < 4.78 is 0. The van der Waals surface area contributed by atoms with Crippen molar-refractivity contribution in [2.75, 3.05) is 12.3 Å². The molecule has 1 aromatic carbocycles. The summed E-state index contributed by atoms with van der Waals surface area (Å²) in [6.45, 7) is 0.249. The molecule has 0 saturated heterocycles. The Bertz CT molecular complexity index is 301. The maximum Gasteiger partial charge on any atom is 0.0556 e. The minimum absolute atomic E-state index is 0.249. The molecule has 3 N–H and O–H groups in total. The average molecular weight is 181 g/mol. The van der Waals surface area contributed by atoms with Crippen LogP contribution >= 0.6 is 11.8 Å². The lowest BCUT2D eigenvalue weighted by molar-refractivity contribution is 0.295. The number of benzene rings is 1. The highest BCUT2D eigenvalue weighted by Gasteiger charge is 2.20. The van der Waals surface area contributed by atoms with Gasteiger partial charge in [0, 0.05) is 15.8 Å². The van der Waals surface area contributed by atoms with Gasteiger partial charge in [-0.1, -0.05) is 0 Å². The lowest BCUT2D eigenvalue weighted by Crippen LogP contribution is -2.05. The quantitative estimate of drug-likeness (QED) is 0.641. The molecule has 2 nitrogen and oxygen atoms in total. The molecule has 1 heterocycles. The zero-order chi connectivity index (χ0) is 8.55. The third kappa shape index (κ3) is 1.30. The molecule has 0 aliphatic carbocycles. The van der Waals surface area contributed by atoms with Crippen molar-refractivity contribution in [1.29, 1.82) is 0 Å². The van der Waals surface area contributed by atoms with Crippen LogP contribution in [-0.4, -0.2) is 17.0 Å². The summed E-state index contributed by atoms with van der Waals surface area (Å²) in [5.41, 5.74) is 7.74. The second-order valence-electron chi connectivity index (χ2n) is 2.99. The minimum Gasteiger partial charge on any atom is -0.399 e. The zero-order valence-corrected chi connectivity index (χ0v) is 7.47. The standard InChI is InChI=1S/C9H11NOS/c10-7-1-2-9-6(3-7)4-8(5-11)12-9/h1-3,8,11H,4-5,10H2. The van der Waals surface area contributed by atoms with E-state index < -0.39 is 0 Å². The third-order valence-corrected chi connectivity index (χ3v) is 3.33. The lowest BCUT2D eigenvalue weighted by Gasteiger charge is -1.99. The van der Waals surface area contributed by atoms with Gasteiger partial charge in [0.2, 0.25) is 0 Å². The average Bonchev–Trinajstić information content (AvgIpc) is 2.46. The van der Waals surface area contributed by atoms with Crippen molar-refractivity contribution in [2.45, 2.75) is 16.6 Å². The molecular formula is C9H11NOS. The maximum absolute atomic E-state index is 8.96. The van der Waals surface area contributed by atoms with E-state index in [2.05, 4.69) is 0 Å². The molecule has 64 valence electrons. The second-order valence-corrected chi connectivity index (χ2v) is 4.34. The fraction of sp³-hybridized carbons (Fsp3) is 0.333. The summed E-state index contributed by atoms with van der Waals surface area (Å²) in [5.74, 6) is 0. The largest absolute Gasteiger partial charge is 0.399 e. The van der Waals surface area contributed by atoms with E-state index in [0.29, 0.717) is 5.25 Å². The molecule has 2 rings (SSSR count). The van der Waals surface area contributed by atoms with Gasteiger partial charge in [-0.3, -0.25) is 0 Å². The number of aliphatic hydroxyl groups excluding tert-OH is 1. The van der Waals surface area contributed by atoms with Crippen molar-refractivity contribution in [3.63, 3.8) is 0 Å². The highest BCUT2D eigenvalue weighted by Crippen LogP contribution is 2.37. The van der Waals surface area contributed by atoms with E-state index in [1.54, 1.807) is 11.8 Å². The summed E-state index contributed by atoms with van der Waals surface area (Å²) in [7, 11) is 0. The van der Waals surface area contributed by atoms with Gasteiger partial charge < -0.3 is 10.8 Å². The van der Waals surface area contributed by atoms with Crippen molar-refractivity contribution in [2.24, 2.45) is 0 Å². The van der Waals surface area contributed by atoms with Crippen molar-refractivity contribution in [1.82, 2.24) is 0 Å². The molecule has 12 heavy (non-hydrogen) atoms. The molecule has 1 aliphatic heterocycles. The van der Waals surface area contributed by atoms with Crippen LogP contribution in [0.3, 0.4) is 0 Å². The topological polar surface area (TPSA) is 46.2 Å². The minimum atomic E-state index is 0.249. The van der Waals surface area contributed by atoms with E-state index in [1.807, 2.05) is 18.2 Å². The second kappa shape index (κ2) is 2.99. The summed E-state index contributed by atoms with van der Waals surface area (Å²) in [5, 5.41) is 9.29. The number of hydrogen-bond acceptors (Lipinski definition) is 3. The number of nitrogen functional groups attached to an aromatic ring is 1. The van der Waals surface area contributed by atoms with E-state index in [0.717, 1.165) is 12.1 Å². The Morgan fingerprint density at radius 2 is 2.42 bits per heavy atom. The van der Waals surface area contributed by atoms with Gasteiger partial charge in [-0.2, -0.15) is 0 Å². The highest BCUT2D eigenvalue weighted by atomic mass is 32.2. The third-order valence-electron chi connectivity index (χ3n) is 2.03. The van der Waals surface area contributed by atoms with E-state index in [-0.39, 0.29) is 6.61 Å². The Hall–Kier alpha value is -0.670. The Labute approximate surface area is 75.8 Å². The number of aliphatic hydroxyl groups is 1. The summed E-state index contributed by atoms with van der Waals surface area (Å²) in [4.78, 5) is 1.27. The normalized spacial score (nSPS) is 20.9. The molecule has 1 unspecified atom stereocenters. The molecular weight excluding hydrogens is 170 g/mol. The Balaban J connectivity index is 2.30. The molecule has 0 aromatic heterocycles. The first-order chi connectivity index (χ1) is 5.79. The number of thioether (sulfide) groups is 1. The smallest absolute Gasteiger partial charge is 0.0556 e. The van der Waals surface area contributed by atoms with Gasteiger partial charge >= 0.3 is 0 Å². The van der Waals surface area contributed by atoms with Gasteiger partial charge in [0.25, 0.3) is 0 Å². The first-order valence-corrected chi connectivity index (χ1v) is 4.83. The zero-order valence-electron chi connectivity index (χ0n) is 6.66. The molecule has 1 atom stereocenters. The van der Waals surface area contributed by atoms with Gasteiger partial charge in [0.1, 0.15) is 0 Å². The van der Waals surface area contributed by atoms with E-state index >= 15 is 0 Å². The van der Waals surface area contributed by atoms with E-state index in [1.165, 1.54) is 10.5 Å². The van der Waals surface area contributed by atoms with Crippen LogP contribution in [0.1, 0.15) is 5.56 Å². The highest BCUT2D eigenvalue weighted by molar-refractivity contribution is 8.00. The van der Waals surface area contributed by atoms with Crippen molar-refractivity contribution >= 4 is 17.4 Å². The van der Waals surface area contributed by atoms with Crippen LogP contribution < -0.4 is 5.73 Å². The van der Waals surface area contributed by atoms with Crippen molar-refractivity contribution in [3.8, 4) is 0 Å². The van der Waals surface area contributed by atoms with E-state index in [9.17, 15) is 0 Å². The predicted molar refractivity (Wildman–Crippen MR) is 51.3 cm³/mol. The molecule has 0 radical (unpaired) electrons. The van der Waals surface area contributed by atoms with Gasteiger partial charge in [-0.15, -0.1) is 11.8 Å². The fourth-order valence-electron chi connectivity index (χ4n) is 1.44. The Kier molecular flexibility index (Phi) is 1.98. The molecule has 0 fully saturated rings. The molecule has 0 saturated carbocycles. The van der Waals surface area contributed by atoms with Gasteiger partial charge in [-0.05, 0) is 30.2 Å². The van der Waals surface area contributed by atoms with Crippen LogP contribution in [-0.2, 0) is 6.42 Å². The first kappa shape index (κ1) is 7.95. The predicted octanol–water partition coefficient (Wildman–Crippen LogP) is 1.28. The van der Waals surface area contributed by atoms with Crippen molar-refractivity contribution < 1.29 is 5.11 Å². The summed E-state index contributed by atoms with van der Waals surface area (Å²) in [6, 6.07) is 5.94. The van der Waals surface area contributed by atoms with Gasteiger partial charge in [0.05, 0.1) is 6.61 Å². The van der Waals surface area contributed by atoms with Crippen LogP contribution in [0.25, 0.3) is 0 Å². The number of nitrogens with two attached hydrogens (primary N) is 1. The Morgan fingerprint density at radius 1 is 1.58 bits per heavy atom. The molecule has 3 heteroatoms.